The van der Waals surface area contributed by atoms with Gasteiger partial charge in [-0.3, -0.25) is 0 Å². The van der Waals surface area contributed by atoms with Crippen LogP contribution in [-0.2, 0) is 11.2 Å². The number of likely N-dealkylation sites (tertiary alicyclic amines) is 1. The zero-order valence-electron chi connectivity index (χ0n) is 22.5. The number of rotatable bonds is 5. The second-order valence-corrected chi connectivity index (χ2v) is 11.1. The first-order valence-corrected chi connectivity index (χ1v) is 14.5. The zero-order valence-corrected chi connectivity index (χ0v) is 22.5. The van der Waals surface area contributed by atoms with Crippen molar-refractivity contribution in [2.75, 3.05) is 73.7 Å². The molecule has 7 rings (SSSR count). The molecule has 0 radical (unpaired) electrons. The van der Waals surface area contributed by atoms with E-state index in [4.69, 9.17) is 19.7 Å². The topological polar surface area (TPSA) is 81.1 Å². The van der Waals surface area contributed by atoms with Crippen molar-refractivity contribution < 1.29 is 9.84 Å². The number of aromatic nitrogens is 3. The Balaban J connectivity index is 1.19. The molecule has 0 bridgehead atoms. The number of fused-ring (bicyclic) bond motifs is 1. The van der Waals surface area contributed by atoms with Gasteiger partial charge in [-0.25, -0.2) is 9.97 Å². The van der Waals surface area contributed by atoms with Crippen molar-refractivity contribution >= 4 is 23.3 Å². The molecular formula is C30H37N7O2. The van der Waals surface area contributed by atoms with Crippen molar-refractivity contribution in [3.63, 3.8) is 0 Å². The SMILES string of the molecule is Oc1cccc(-c2nc(N3CCOCC3)nc3c2CCN3c2ccnc(N3CCC(N4CCCC4)CC3)c2)c1. The molecule has 0 unspecified atom stereocenters. The summed E-state index contributed by atoms with van der Waals surface area (Å²) in [6.45, 7) is 8.37. The van der Waals surface area contributed by atoms with Crippen molar-refractivity contribution in [1.82, 2.24) is 19.9 Å². The highest BCUT2D eigenvalue weighted by atomic mass is 16.5. The summed E-state index contributed by atoms with van der Waals surface area (Å²) in [5, 5.41) is 10.2. The van der Waals surface area contributed by atoms with E-state index in [1.54, 1.807) is 12.1 Å². The molecule has 1 aromatic carbocycles. The molecule has 0 spiro atoms. The first kappa shape index (κ1) is 24.6. The van der Waals surface area contributed by atoms with E-state index < -0.39 is 0 Å². The van der Waals surface area contributed by atoms with Gasteiger partial charge in [0.2, 0.25) is 5.95 Å². The molecule has 204 valence electrons. The minimum Gasteiger partial charge on any atom is -0.508 e. The minimum absolute atomic E-state index is 0.245. The molecule has 0 atom stereocenters. The van der Waals surface area contributed by atoms with Gasteiger partial charge in [0.05, 0.1) is 18.9 Å². The standard InChI is InChI=1S/C30H37N7O2/c38-25-5-3-4-22(20-25)28-26-9-15-37(29(26)33-30(32-28)36-16-18-39-19-17-36)24-6-10-31-27(21-24)35-13-7-23(8-14-35)34-11-1-2-12-34/h3-6,10,20-21,23,38H,1-2,7-9,11-19H2. The van der Waals surface area contributed by atoms with E-state index in [0.717, 1.165) is 85.3 Å². The van der Waals surface area contributed by atoms with Crippen LogP contribution in [0.15, 0.2) is 42.6 Å². The molecule has 0 saturated carbocycles. The van der Waals surface area contributed by atoms with Crippen LogP contribution in [0.4, 0.5) is 23.3 Å². The van der Waals surface area contributed by atoms with Crippen LogP contribution in [0.2, 0.25) is 0 Å². The number of ether oxygens (including phenoxy) is 1. The van der Waals surface area contributed by atoms with Crippen LogP contribution >= 0.6 is 0 Å². The summed E-state index contributed by atoms with van der Waals surface area (Å²) in [4.78, 5) is 24.6. The van der Waals surface area contributed by atoms with Crippen LogP contribution in [0.5, 0.6) is 5.75 Å². The van der Waals surface area contributed by atoms with Gasteiger partial charge in [-0.2, -0.15) is 4.98 Å². The number of benzene rings is 1. The Morgan fingerprint density at radius 3 is 2.46 bits per heavy atom. The molecule has 1 N–H and O–H groups in total. The van der Waals surface area contributed by atoms with Crippen LogP contribution in [0, 0.1) is 0 Å². The van der Waals surface area contributed by atoms with Gasteiger partial charge in [0.25, 0.3) is 0 Å². The summed E-state index contributed by atoms with van der Waals surface area (Å²) in [5.41, 5.74) is 4.07. The van der Waals surface area contributed by atoms with Crippen LogP contribution in [-0.4, -0.2) is 90.0 Å². The normalized spacial score (nSPS) is 20.6. The van der Waals surface area contributed by atoms with Gasteiger partial charge < -0.3 is 29.4 Å². The predicted molar refractivity (Wildman–Crippen MR) is 153 cm³/mol. The molecule has 0 aliphatic carbocycles. The van der Waals surface area contributed by atoms with Gasteiger partial charge in [-0.1, -0.05) is 12.1 Å². The Kier molecular flexibility index (Phi) is 6.70. The first-order valence-electron chi connectivity index (χ1n) is 14.5. The number of hydrogen-bond donors (Lipinski definition) is 1. The van der Waals surface area contributed by atoms with Crippen molar-refractivity contribution in [1.29, 1.82) is 0 Å². The smallest absolute Gasteiger partial charge is 0.228 e. The number of nitrogens with zero attached hydrogens (tertiary/aromatic N) is 7. The quantitative estimate of drug-likeness (QED) is 0.532. The average molecular weight is 528 g/mol. The number of anilines is 4. The molecule has 3 fully saturated rings. The van der Waals surface area contributed by atoms with Crippen molar-refractivity contribution in [2.45, 2.75) is 38.1 Å². The summed E-state index contributed by atoms with van der Waals surface area (Å²) in [7, 11) is 0. The second kappa shape index (κ2) is 10.6. The monoisotopic (exact) mass is 527 g/mol. The number of piperidine rings is 1. The van der Waals surface area contributed by atoms with Crippen molar-refractivity contribution in [3.8, 4) is 17.0 Å². The number of aromatic hydroxyl groups is 1. The number of pyridine rings is 1. The third kappa shape index (κ3) is 4.89. The second-order valence-electron chi connectivity index (χ2n) is 11.1. The molecular weight excluding hydrogens is 490 g/mol. The molecule has 4 aliphatic rings. The molecule has 6 heterocycles. The van der Waals surface area contributed by atoms with Crippen LogP contribution < -0.4 is 14.7 Å². The van der Waals surface area contributed by atoms with Gasteiger partial charge in [0, 0.05) is 67.8 Å². The highest BCUT2D eigenvalue weighted by molar-refractivity contribution is 5.78. The molecule has 2 aromatic heterocycles. The fourth-order valence-corrected chi connectivity index (χ4v) is 6.61. The highest BCUT2D eigenvalue weighted by Gasteiger charge is 2.31. The first-order chi connectivity index (χ1) is 19.2. The Labute approximate surface area is 230 Å². The molecule has 39 heavy (non-hydrogen) atoms. The van der Waals surface area contributed by atoms with Gasteiger partial charge in [-0.05, 0) is 63.4 Å². The Morgan fingerprint density at radius 2 is 1.67 bits per heavy atom. The maximum absolute atomic E-state index is 10.2. The summed E-state index contributed by atoms with van der Waals surface area (Å²) < 4.78 is 5.59. The maximum atomic E-state index is 10.2. The van der Waals surface area contributed by atoms with E-state index in [-0.39, 0.29) is 5.75 Å². The third-order valence-corrected chi connectivity index (χ3v) is 8.71. The van der Waals surface area contributed by atoms with Crippen LogP contribution in [0.25, 0.3) is 11.3 Å². The van der Waals surface area contributed by atoms with E-state index in [2.05, 4.69) is 31.7 Å². The third-order valence-electron chi connectivity index (χ3n) is 8.71. The van der Waals surface area contributed by atoms with E-state index in [0.29, 0.717) is 13.2 Å². The molecule has 0 amide bonds. The van der Waals surface area contributed by atoms with Gasteiger partial charge in [0.1, 0.15) is 17.4 Å². The minimum atomic E-state index is 0.245. The highest BCUT2D eigenvalue weighted by Crippen LogP contribution is 2.40. The molecule has 3 saturated heterocycles. The van der Waals surface area contributed by atoms with Crippen molar-refractivity contribution in [2.24, 2.45) is 0 Å². The molecule has 4 aliphatic heterocycles. The molecule has 3 aromatic rings. The fourth-order valence-electron chi connectivity index (χ4n) is 6.61. The number of morpholine rings is 1. The molecule has 9 heteroatoms. The number of phenols is 1. The summed E-state index contributed by atoms with van der Waals surface area (Å²) >= 11 is 0. The van der Waals surface area contributed by atoms with Gasteiger partial charge in [-0.15, -0.1) is 0 Å². The lowest BCUT2D eigenvalue weighted by molar-refractivity contribution is 0.122. The predicted octanol–water partition coefficient (Wildman–Crippen LogP) is 3.84. The van der Waals surface area contributed by atoms with Gasteiger partial charge in [0.15, 0.2) is 0 Å². The number of hydrogen-bond acceptors (Lipinski definition) is 9. The summed E-state index contributed by atoms with van der Waals surface area (Å²) in [6, 6.07) is 12.4. The largest absolute Gasteiger partial charge is 0.508 e. The van der Waals surface area contributed by atoms with E-state index in [1.807, 2.05) is 18.3 Å². The lowest BCUT2D eigenvalue weighted by Gasteiger charge is -2.37. The lowest BCUT2D eigenvalue weighted by atomic mass is 10.0. The van der Waals surface area contributed by atoms with Gasteiger partial charge >= 0.3 is 0 Å². The van der Waals surface area contributed by atoms with Crippen LogP contribution in [0.1, 0.15) is 31.2 Å². The Hall–Kier alpha value is -3.43. The fraction of sp³-hybridized carbons (Fsp3) is 0.500. The Morgan fingerprint density at radius 1 is 0.846 bits per heavy atom. The van der Waals surface area contributed by atoms with Crippen molar-refractivity contribution in [3.05, 3.63) is 48.2 Å². The Bertz CT molecular complexity index is 1310. The average Bonchev–Trinajstić information content (AvgIpc) is 3.68. The maximum Gasteiger partial charge on any atom is 0.228 e. The van der Waals surface area contributed by atoms with Crippen LogP contribution in [0.3, 0.4) is 0 Å². The van der Waals surface area contributed by atoms with E-state index in [9.17, 15) is 5.11 Å². The van der Waals surface area contributed by atoms with E-state index >= 15 is 0 Å². The molecule has 9 nitrogen and oxygen atoms in total. The zero-order chi connectivity index (χ0) is 26.2. The number of phenolic OH excluding ortho intramolecular Hbond substituents is 1. The summed E-state index contributed by atoms with van der Waals surface area (Å²) in [5.74, 6) is 2.97. The lowest BCUT2D eigenvalue weighted by Crippen LogP contribution is -2.44. The van der Waals surface area contributed by atoms with E-state index in [1.165, 1.54) is 38.8 Å². The summed E-state index contributed by atoms with van der Waals surface area (Å²) in [6.07, 6.45) is 7.91.